The summed E-state index contributed by atoms with van der Waals surface area (Å²) >= 11 is 0. The van der Waals surface area contributed by atoms with E-state index in [0.29, 0.717) is 17.9 Å². The van der Waals surface area contributed by atoms with Crippen molar-refractivity contribution < 1.29 is 23.1 Å². The summed E-state index contributed by atoms with van der Waals surface area (Å²) in [5.74, 6) is -0.294. The SMILES string of the molecule is O=C(O)CCC1CN(S(=O)(=O)c2ccc(Oc3ccccc3)nc2)c2ccc(-c3cccnc3)cc21. The van der Waals surface area contributed by atoms with E-state index < -0.39 is 16.0 Å². The number of hydrogen-bond donors (Lipinski definition) is 1. The van der Waals surface area contributed by atoms with Gasteiger partial charge in [0.1, 0.15) is 10.6 Å². The standard InChI is InChI=1S/C27H23N3O5S/c31-27(32)13-9-21-18-30(25-11-8-19(15-24(21)25)20-5-4-14-28-16-20)36(33,34)23-10-12-26(29-17-23)35-22-6-2-1-3-7-22/h1-8,10-12,14-17,21H,9,13,18H2,(H,31,32). The molecule has 2 aromatic heterocycles. The number of sulfonamides is 1. The zero-order valence-corrected chi connectivity index (χ0v) is 20.0. The van der Waals surface area contributed by atoms with Crippen molar-refractivity contribution in [3.8, 4) is 22.8 Å². The second-order valence-corrected chi connectivity index (χ2v) is 10.3. The highest BCUT2D eigenvalue weighted by Gasteiger charge is 2.37. The molecule has 0 saturated carbocycles. The average molecular weight is 502 g/mol. The summed E-state index contributed by atoms with van der Waals surface area (Å²) < 4.78 is 34.3. The molecule has 8 nitrogen and oxygen atoms in total. The number of fused-ring (bicyclic) bond motifs is 1. The topological polar surface area (TPSA) is 110 Å². The van der Waals surface area contributed by atoms with Gasteiger partial charge in [0, 0.05) is 37.3 Å². The van der Waals surface area contributed by atoms with E-state index in [1.807, 2.05) is 42.5 Å². The van der Waals surface area contributed by atoms with Crippen LogP contribution in [0.15, 0.2) is 96.3 Å². The van der Waals surface area contributed by atoms with Crippen LogP contribution in [-0.2, 0) is 14.8 Å². The van der Waals surface area contributed by atoms with Crippen LogP contribution in [0.25, 0.3) is 11.1 Å². The summed E-state index contributed by atoms with van der Waals surface area (Å²) in [5, 5.41) is 9.23. The summed E-state index contributed by atoms with van der Waals surface area (Å²) in [6, 6.07) is 21.4. The van der Waals surface area contributed by atoms with Crippen molar-refractivity contribution in [1.82, 2.24) is 9.97 Å². The van der Waals surface area contributed by atoms with Crippen LogP contribution in [0.3, 0.4) is 0 Å². The maximum atomic E-state index is 13.6. The number of rotatable bonds is 8. The third kappa shape index (κ3) is 4.78. The van der Waals surface area contributed by atoms with Crippen molar-refractivity contribution in [3.05, 3.63) is 97.0 Å². The molecule has 36 heavy (non-hydrogen) atoms. The van der Waals surface area contributed by atoms with Crippen LogP contribution < -0.4 is 9.04 Å². The van der Waals surface area contributed by atoms with E-state index in [1.54, 1.807) is 30.6 Å². The Morgan fingerprint density at radius 1 is 1.00 bits per heavy atom. The number of carboxylic acid groups (broad SMARTS) is 1. The van der Waals surface area contributed by atoms with Crippen molar-refractivity contribution in [2.24, 2.45) is 0 Å². The Balaban J connectivity index is 1.46. The second kappa shape index (κ2) is 9.79. The molecular weight excluding hydrogens is 478 g/mol. The van der Waals surface area contributed by atoms with Crippen molar-refractivity contribution in [1.29, 1.82) is 0 Å². The van der Waals surface area contributed by atoms with Crippen LogP contribution in [0.1, 0.15) is 24.3 Å². The van der Waals surface area contributed by atoms with E-state index in [1.165, 1.54) is 22.6 Å². The van der Waals surface area contributed by atoms with Gasteiger partial charge < -0.3 is 9.84 Å². The molecule has 1 atom stereocenters. The Labute approximate surface area is 208 Å². The first-order valence-corrected chi connectivity index (χ1v) is 12.8. The molecule has 0 spiro atoms. The lowest BCUT2D eigenvalue weighted by atomic mass is 9.93. The number of benzene rings is 2. The van der Waals surface area contributed by atoms with Gasteiger partial charge in [-0.1, -0.05) is 30.3 Å². The molecule has 4 aromatic rings. The zero-order valence-electron chi connectivity index (χ0n) is 19.2. The predicted molar refractivity (Wildman–Crippen MR) is 135 cm³/mol. The smallest absolute Gasteiger partial charge is 0.303 e. The van der Waals surface area contributed by atoms with E-state index in [-0.39, 0.29) is 29.7 Å². The van der Waals surface area contributed by atoms with Crippen LogP contribution in [-0.4, -0.2) is 36.0 Å². The third-order valence-electron chi connectivity index (χ3n) is 6.09. The molecule has 0 fully saturated rings. The largest absolute Gasteiger partial charge is 0.481 e. The average Bonchev–Trinajstić information content (AvgIpc) is 3.28. The van der Waals surface area contributed by atoms with E-state index in [4.69, 9.17) is 4.74 Å². The number of carboxylic acids is 1. The fourth-order valence-electron chi connectivity index (χ4n) is 4.31. The number of nitrogens with zero attached hydrogens (tertiary/aromatic N) is 3. The molecule has 0 saturated heterocycles. The Bertz CT molecular complexity index is 1480. The molecular formula is C27H23N3O5S. The van der Waals surface area contributed by atoms with Crippen LogP contribution >= 0.6 is 0 Å². The molecule has 0 amide bonds. The number of aliphatic carboxylic acids is 1. The highest BCUT2D eigenvalue weighted by Crippen LogP contribution is 2.43. The lowest BCUT2D eigenvalue weighted by Gasteiger charge is -2.20. The van der Waals surface area contributed by atoms with Gasteiger partial charge in [-0.25, -0.2) is 13.4 Å². The van der Waals surface area contributed by atoms with Gasteiger partial charge >= 0.3 is 5.97 Å². The maximum Gasteiger partial charge on any atom is 0.303 e. The van der Waals surface area contributed by atoms with Gasteiger partial charge in [-0.15, -0.1) is 0 Å². The monoisotopic (exact) mass is 501 g/mol. The Hall–Kier alpha value is -4.24. The van der Waals surface area contributed by atoms with E-state index in [9.17, 15) is 18.3 Å². The Morgan fingerprint density at radius 2 is 1.83 bits per heavy atom. The third-order valence-corrected chi connectivity index (χ3v) is 7.85. The van der Waals surface area contributed by atoms with Crippen molar-refractivity contribution in [2.45, 2.75) is 23.7 Å². The summed E-state index contributed by atoms with van der Waals surface area (Å²) in [6.07, 6.45) is 4.98. The van der Waals surface area contributed by atoms with E-state index in [2.05, 4.69) is 9.97 Å². The summed E-state index contributed by atoms with van der Waals surface area (Å²) in [7, 11) is -3.94. The molecule has 1 aliphatic rings. The Morgan fingerprint density at radius 3 is 2.53 bits per heavy atom. The molecule has 1 unspecified atom stereocenters. The molecule has 0 radical (unpaired) electrons. The highest BCUT2D eigenvalue weighted by atomic mass is 32.2. The first-order valence-electron chi connectivity index (χ1n) is 11.4. The molecule has 0 bridgehead atoms. The van der Waals surface area contributed by atoms with E-state index in [0.717, 1.165) is 16.7 Å². The summed E-state index contributed by atoms with van der Waals surface area (Å²) in [5.41, 5.74) is 3.14. The molecule has 182 valence electrons. The highest BCUT2D eigenvalue weighted by molar-refractivity contribution is 7.92. The van der Waals surface area contributed by atoms with Gasteiger partial charge in [0.25, 0.3) is 10.0 Å². The molecule has 9 heteroatoms. The number of para-hydroxylation sites is 1. The van der Waals surface area contributed by atoms with Crippen LogP contribution in [0.2, 0.25) is 0 Å². The number of carbonyl (C=O) groups is 1. The number of pyridine rings is 2. The molecule has 5 rings (SSSR count). The fourth-order valence-corrected chi connectivity index (χ4v) is 5.79. The minimum Gasteiger partial charge on any atom is -0.481 e. The quantitative estimate of drug-likeness (QED) is 0.358. The van der Waals surface area contributed by atoms with Crippen LogP contribution in [0.5, 0.6) is 11.6 Å². The molecule has 3 heterocycles. The van der Waals surface area contributed by atoms with Crippen molar-refractivity contribution in [3.63, 3.8) is 0 Å². The number of aromatic nitrogens is 2. The summed E-state index contributed by atoms with van der Waals surface area (Å²) in [4.78, 5) is 19.6. The van der Waals surface area contributed by atoms with Gasteiger partial charge in [-0.2, -0.15) is 0 Å². The number of hydrogen-bond acceptors (Lipinski definition) is 6. The minimum absolute atomic E-state index is 0.0316. The number of ether oxygens (including phenoxy) is 1. The lowest BCUT2D eigenvalue weighted by molar-refractivity contribution is -0.137. The van der Waals surface area contributed by atoms with Crippen molar-refractivity contribution >= 4 is 21.7 Å². The zero-order chi connectivity index (χ0) is 25.1. The van der Waals surface area contributed by atoms with Crippen LogP contribution in [0, 0.1) is 0 Å². The first-order chi connectivity index (χ1) is 17.4. The maximum absolute atomic E-state index is 13.6. The second-order valence-electron chi connectivity index (χ2n) is 8.43. The molecule has 1 aliphatic heterocycles. The normalized spacial score (nSPS) is 14.9. The fraction of sp³-hybridized carbons (Fsp3) is 0.148. The van der Waals surface area contributed by atoms with Crippen LogP contribution in [0.4, 0.5) is 5.69 Å². The number of anilines is 1. The van der Waals surface area contributed by atoms with Gasteiger partial charge in [-0.3, -0.25) is 14.1 Å². The Kier molecular flexibility index (Phi) is 6.39. The predicted octanol–water partition coefficient (Wildman–Crippen LogP) is 5.09. The minimum atomic E-state index is -3.94. The molecule has 1 N–H and O–H groups in total. The first kappa shape index (κ1) is 23.5. The van der Waals surface area contributed by atoms with E-state index >= 15 is 0 Å². The molecule has 0 aliphatic carbocycles. The summed E-state index contributed by atoms with van der Waals surface area (Å²) in [6.45, 7) is 0.156. The lowest BCUT2D eigenvalue weighted by Crippen LogP contribution is -2.30. The van der Waals surface area contributed by atoms with Crippen molar-refractivity contribution in [2.75, 3.05) is 10.8 Å². The van der Waals surface area contributed by atoms with Gasteiger partial charge in [0.15, 0.2) is 0 Å². The van der Waals surface area contributed by atoms with Gasteiger partial charge in [0.2, 0.25) is 5.88 Å². The molecule has 2 aromatic carbocycles. The van der Waals surface area contributed by atoms with Gasteiger partial charge in [0.05, 0.1) is 11.9 Å². The van der Waals surface area contributed by atoms with Gasteiger partial charge in [-0.05, 0) is 59.5 Å².